The molecule has 0 saturated heterocycles. The normalized spacial score (nSPS) is 10.4. The van der Waals surface area contributed by atoms with E-state index in [1.807, 2.05) is 42.6 Å². The van der Waals surface area contributed by atoms with Crippen molar-refractivity contribution in [1.82, 2.24) is 0 Å². The van der Waals surface area contributed by atoms with Crippen molar-refractivity contribution in [2.45, 2.75) is 13.3 Å². The van der Waals surface area contributed by atoms with E-state index < -0.39 is 0 Å². The number of halogens is 1. The van der Waals surface area contributed by atoms with Gasteiger partial charge in [0.1, 0.15) is 0 Å². The molecule has 0 radical (unpaired) electrons. The first kappa shape index (κ1) is 11.4. The molecule has 0 aliphatic rings. The van der Waals surface area contributed by atoms with E-state index in [4.69, 9.17) is 11.6 Å². The number of aryl methyl sites for hydroxylation is 1. The Morgan fingerprint density at radius 2 is 2.19 bits per heavy atom. The molecule has 1 aromatic carbocycles. The summed E-state index contributed by atoms with van der Waals surface area (Å²) in [5, 5.41) is 2.58. The smallest absolute Gasteiger partial charge is 0.168 e. The summed E-state index contributed by atoms with van der Waals surface area (Å²) < 4.78 is 0. The first-order chi connectivity index (χ1) is 7.65. The van der Waals surface area contributed by atoms with Gasteiger partial charge in [0.15, 0.2) is 5.78 Å². The molecule has 0 amide bonds. The van der Waals surface area contributed by atoms with Gasteiger partial charge in [0.25, 0.3) is 0 Å². The summed E-state index contributed by atoms with van der Waals surface area (Å²) in [4.78, 5) is 13.1. The molecule has 0 N–H and O–H groups in total. The van der Waals surface area contributed by atoms with Crippen molar-refractivity contribution >= 4 is 28.7 Å². The van der Waals surface area contributed by atoms with Crippen molar-refractivity contribution in [2.75, 3.05) is 0 Å². The molecule has 0 fully saturated rings. The van der Waals surface area contributed by atoms with Gasteiger partial charge in [0.2, 0.25) is 0 Å². The van der Waals surface area contributed by atoms with Crippen LogP contribution in [-0.2, 0) is 6.42 Å². The Hall–Kier alpha value is -1.12. The largest absolute Gasteiger partial charge is 0.294 e. The van der Waals surface area contributed by atoms with Gasteiger partial charge in [0, 0.05) is 27.3 Å². The van der Waals surface area contributed by atoms with Crippen LogP contribution in [-0.4, -0.2) is 5.78 Å². The Balaban J connectivity index is 2.13. The van der Waals surface area contributed by atoms with E-state index in [2.05, 4.69) is 0 Å². The molecule has 0 atom stereocenters. The Morgan fingerprint density at radius 1 is 1.38 bits per heavy atom. The molecule has 1 heterocycles. The maximum Gasteiger partial charge on any atom is 0.168 e. The molecule has 3 heteroatoms. The number of hydrogen-bond donors (Lipinski definition) is 0. The molecule has 1 nitrogen and oxygen atoms in total. The van der Waals surface area contributed by atoms with E-state index in [9.17, 15) is 4.79 Å². The van der Waals surface area contributed by atoms with Crippen LogP contribution in [0.25, 0.3) is 0 Å². The Bertz CT molecular complexity index is 516. The highest BCUT2D eigenvalue weighted by Crippen LogP contribution is 2.17. The van der Waals surface area contributed by atoms with Crippen molar-refractivity contribution in [3.05, 3.63) is 56.7 Å². The summed E-state index contributed by atoms with van der Waals surface area (Å²) in [6.45, 7) is 2.00. The zero-order valence-corrected chi connectivity index (χ0v) is 10.4. The maximum atomic E-state index is 11.9. The molecule has 0 saturated carbocycles. The number of thiophene rings is 1. The standard InChI is InChI=1S/C13H11ClOS/c1-9-5-11(8-16-9)13(15)7-10-3-2-4-12(14)6-10/h2-6,8H,7H2,1H3. The van der Waals surface area contributed by atoms with E-state index in [1.165, 1.54) is 0 Å². The van der Waals surface area contributed by atoms with Crippen LogP contribution in [0.2, 0.25) is 5.02 Å². The molecule has 2 aromatic rings. The van der Waals surface area contributed by atoms with Crippen molar-refractivity contribution in [1.29, 1.82) is 0 Å². The van der Waals surface area contributed by atoms with Gasteiger partial charge in [-0.1, -0.05) is 23.7 Å². The molecule has 0 bridgehead atoms. The summed E-state index contributed by atoms with van der Waals surface area (Å²) in [6.07, 6.45) is 0.413. The minimum Gasteiger partial charge on any atom is -0.294 e. The van der Waals surface area contributed by atoms with Crippen LogP contribution < -0.4 is 0 Å². The zero-order valence-electron chi connectivity index (χ0n) is 8.87. The molecule has 0 spiro atoms. The van der Waals surface area contributed by atoms with E-state index in [0.717, 1.165) is 16.0 Å². The number of rotatable bonds is 3. The summed E-state index contributed by atoms with van der Waals surface area (Å²) in [6, 6.07) is 9.35. The SMILES string of the molecule is Cc1cc(C(=O)Cc2cccc(Cl)c2)cs1. The fourth-order valence-electron chi connectivity index (χ4n) is 1.52. The number of ketones is 1. The number of carbonyl (C=O) groups excluding carboxylic acids is 1. The predicted octanol–water partition coefficient (Wildman–Crippen LogP) is 4.14. The highest BCUT2D eigenvalue weighted by atomic mass is 35.5. The first-order valence-electron chi connectivity index (χ1n) is 4.98. The van der Waals surface area contributed by atoms with Gasteiger partial charge in [-0.3, -0.25) is 4.79 Å². The van der Waals surface area contributed by atoms with Crippen molar-refractivity contribution in [3.63, 3.8) is 0 Å². The molecule has 82 valence electrons. The number of hydrogen-bond acceptors (Lipinski definition) is 2. The molecule has 16 heavy (non-hydrogen) atoms. The Labute approximate surface area is 104 Å². The summed E-state index contributed by atoms with van der Waals surface area (Å²) >= 11 is 7.47. The van der Waals surface area contributed by atoms with Gasteiger partial charge in [-0.2, -0.15) is 0 Å². The van der Waals surface area contributed by atoms with Gasteiger partial charge in [0.05, 0.1) is 0 Å². The second-order valence-electron chi connectivity index (χ2n) is 3.68. The lowest BCUT2D eigenvalue weighted by Gasteiger charge is -1.99. The quantitative estimate of drug-likeness (QED) is 0.749. The molecular formula is C13H11ClOS. The summed E-state index contributed by atoms with van der Waals surface area (Å²) in [5.41, 5.74) is 1.75. The van der Waals surface area contributed by atoms with Gasteiger partial charge in [-0.25, -0.2) is 0 Å². The third-order valence-corrected chi connectivity index (χ3v) is 3.40. The lowest BCUT2D eigenvalue weighted by Crippen LogP contribution is -2.01. The number of carbonyl (C=O) groups is 1. The molecule has 0 unspecified atom stereocenters. The van der Waals surface area contributed by atoms with Gasteiger partial charge in [-0.05, 0) is 30.7 Å². The van der Waals surface area contributed by atoms with Crippen molar-refractivity contribution in [3.8, 4) is 0 Å². The van der Waals surface area contributed by atoms with E-state index in [-0.39, 0.29) is 5.78 Å². The second kappa shape index (κ2) is 4.81. The zero-order chi connectivity index (χ0) is 11.5. The van der Waals surface area contributed by atoms with Crippen LogP contribution in [0.4, 0.5) is 0 Å². The average molecular weight is 251 g/mol. The fraction of sp³-hybridized carbons (Fsp3) is 0.154. The molecular weight excluding hydrogens is 240 g/mol. The number of benzene rings is 1. The Kier molecular flexibility index (Phi) is 3.42. The van der Waals surface area contributed by atoms with Crippen LogP contribution in [0.3, 0.4) is 0 Å². The first-order valence-corrected chi connectivity index (χ1v) is 6.24. The minimum absolute atomic E-state index is 0.145. The summed E-state index contributed by atoms with van der Waals surface area (Å²) in [5.74, 6) is 0.145. The van der Waals surface area contributed by atoms with E-state index in [0.29, 0.717) is 11.4 Å². The second-order valence-corrected chi connectivity index (χ2v) is 5.23. The minimum atomic E-state index is 0.145. The fourth-order valence-corrected chi connectivity index (χ4v) is 2.44. The lowest BCUT2D eigenvalue weighted by atomic mass is 10.1. The van der Waals surface area contributed by atoms with Gasteiger partial charge >= 0.3 is 0 Å². The lowest BCUT2D eigenvalue weighted by molar-refractivity contribution is 0.0993. The summed E-state index contributed by atoms with van der Waals surface area (Å²) in [7, 11) is 0. The molecule has 1 aromatic heterocycles. The highest BCUT2D eigenvalue weighted by molar-refractivity contribution is 7.10. The molecule has 0 aliphatic carbocycles. The monoisotopic (exact) mass is 250 g/mol. The Morgan fingerprint density at radius 3 is 2.81 bits per heavy atom. The average Bonchev–Trinajstić information content (AvgIpc) is 2.65. The maximum absolute atomic E-state index is 11.9. The highest BCUT2D eigenvalue weighted by Gasteiger charge is 2.08. The van der Waals surface area contributed by atoms with E-state index >= 15 is 0 Å². The van der Waals surface area contributed by atoms with Crippen LogP contribution in [0.5, 0.6) is 0 Å². The van der Waals surface area contributed by atoms with Crippen LogP contribution >= 0.6 is 22.9 Å². The van der Waals surface area contributed by atoms with Crippen molar-refractivity contribution < 1.29 is 4.79 Å². The van der Waals surface area contributed by atoms with E-state index in [1.54, 1.807) is 11.3 Å². The predicted molar refractivity (Wildman–Crippen MR) is 68.5 cm³/mol. The van der Waals surface area contributed by atoms with Crippen LogP contribution in [0.1, 0.15) is 20.8 Å². The third kappa shape index (κ3) is 2.71. The van der Waals surface area contributed by atoms with Crippen LogP contribution in [0.15, 0.2) is 35.7 Å². The third-order valence-electron chi connectivity index (χ3n) is 2.31. The molecule has 0 aliphatic heterocycles. The van der Waals surface area contributed by atoms with Gasteiger partial charge in [-0.15, -0.1) is 11.3 Å². The van der Waals surface area contributed by atoms with Crippen LogP contribution in [0, 0.1) is 6.92 Å². The molecule has 2 rings (SSSR count). The van der Waals surface area contributed by atoms with Gasteiger partial charge < -0.3 is 0 Å². The number of Topliss-reactive ketones (excluding diaryl/α,β-unsaturated/α-hetero) is 1. The topological polar surface area (TPSA) is 17.1 Å². The van der Waals surface area contributed by atoms with Crippen molar-refractivity contribution in [2.24, 2.45) is 0 Å².